The number of rotatable bonds is 8. The molecular formula is C23H25NO5. The summed E-state index contributed by atoms with van der Waals surface area (Å²) >= 11 is 0. The minimum atomic E-state index is -1.28. The molecule has 0 spiro atoms. The zero-order chi connectivity index (χ0) is 21.4. The normalized spacial score (nSPS) is 11.5. The molecule has 0 aromatic heterocycles. The molecule has 0 unspecified atom stereocenters. The van der Waals surface area contributed by atoms with Gasteiger partial charge in [-0.15, -0.1) is 0 Å². The van der Waals surface area contributed by atoms with Crippen LogP contribution < -0.4 is 14.2 Å². The molecule has 0 aliphatic carbocycles. The maximum atomic E-state index is 11.1. The minimum absolute atomic E-state index is 0.118. The topological polar surface area (TPSA) is 88.8 Å². The summed E-state index contributed by atoms with van der Waals surface area (Å²) in [6.07, 6.45) is 1.29. The maximum Gasteiger partial charge on any atom is 0.346 e. The third-order valence-corrected chi connectivity index (χ3v) is 4.16. The molecule has 2 rings (SSSR count). The molecule has 2 aromatic carbocycles. The lowest BCUT2D eigenvalue weighted by Gasteiger charge is -2.23. The van der Waals surface area contributed by atoms with Crippen LogP contribution in [0, 0.1) is 11.3 Å². The number of benzene rings is 2. The van der Waals surface area contributed by atoms with Crippen molar-refractivity contribution in [1.82, 2.24) is 0 Å². The van der Waals surface area contributed by atoms with E-state index in [0.717, 1.165) is 17.1 Å². The number of para-hydroxylation sites is 1. The van der Waals surface area contributed by atoms with Gasteiger partial charge in [-0.05, 0) is 35.8 Å². The molecule has 0 atom stereocenters. The van der Waals surface area contributed by atoms with E-state index in [9.17, 15) is 4.79 Å². The molecule has 152 valence electrons. The van der Waals surface area contributed by atoms with Gasteiger partial charge in [0.05, 0.1) is 7.11 Å². The fourth-order valence-electron chi connectivity index (χ4n) is 2.68. The molecule has 0 amide bonds. The van der Waals surface area contributed by atoms with Crippen molar-refractivity contribution in [3.05, 3.63) is 59.2 Å². The van der Waals surface area contributed by atoms with Gasteiger partial charge < -0.3 is 19.3 Å². The van der Waals surface area contributed by atoms with Crippen LogP contribution in [0.25, 0.3) is 6.08 Å². The molecule has 0 fully saturated rings. The van der Waals surface area contributed by atoms with Gasteiger partial charge in [0.15, 0.2) is 0 Å². The highest BCUT2D eigenvalue weighted by molar-refractivity contribution is 5.96. The number of ether oxygens (including phenoxy) is 3. The van der Waals surface area contributed by atoms with E-state index < -0.39 is 5.97 Å². The van der Waals surface area contributed by atoms with Crippen molar-refractivity contribution in [3.8, 4) is 23.3 Å². The molecule has 6 nitrogen and oxygen atoms in total. The van der Waals surface area contributed by atoms with E-state index in [2.05, 4.69) is 20.8 Å². The van der Waals surface area contributed by atoms with E-state index in [-0.39, 0.29) is 17.6 Å². The predicted molar refractivity (Wildman–Crippen MR) is 110 cm³/mol. The zero-order valence-electron chi connectivity index (χ0n) is 17.1. The van der Waals surface area contributed by atoms with Crippen LogP contribution in [-0.4, -0.2) is 31.4 Å². The molecule has 0 saturated carbocycles. The fraction of sp³-hybridized carbons (Fsp3) is 0.304. The van der Waals surface area contributed by atoms with Crippen molar-refractivity contribution in [2.45, 2.75) is 26.2 Å². The first-order valence-corrected chi connectivity index (χ1v) is 9.14. The molecular weight excluding hydrogens is 370 g/mol. The van der Waals surface area contributed by atoms with E-state index in [0.29, 0.717) is 17.9 Å². The Bertz CT molecular complexity index is 935. The minimum Gasteiger partial charge on any atom is -0.497 e. The quantitative estimate of drug-likeness (QED) is 0.404. The standard InChI is InChI=1S/C23H25NO5/c1-23(2,3)19-14-18(27-4)9-10-21(19)29-12-11-28-20-8-6-5-7-16(20)13-17(15-24)22(25)26/h5-10,13-14H,11-12H2,1-4H3,(H,25,26). The van der Waals surface area contributed by atoms with Crippen molar-refractivity contribution in [1.29, 1.82) is 5.26 Å². The van der Waals surface area contributed by atoms with Crippen molar-refractivity contribution in [2.75, 3.05) is 20.3 Å². The van der Waals surface area contributed by atoms with Crippen molar-refractivity contribution in [2.24, 2.45) is 0 Å². The summed E-state index contributed by atoms with van der Waals surface area (Å²) in [7, 11) is 1.63. The average Bonchev–Trinajstić information content (AvgIpc) is 2.69. The fourth-order valence-corrected chi connectivity index (χ4v) is 2.68. The first kappa shape index (κ1) is 21.8. The van der Waals surface area contributed by atoms with Crippen LogP contribution >= 0.6 is 0 Å². The number of carboxylic acid groups (broad SMARTS) is 1. The molecule has 2 aromatic rings. The second-order valence-electron chi connectivity index (χ2n) is 7.32. The number of methoxy groups -OCH3 is 1. The molecule has 29 heavy (non-hydrogen) atoms. The third-order valence-electron chi connectivity index (χ3n) is 4.16. The second kappa shape index (κ2) is 9.65. The smallest absolute Gasteiger partial charge is 0.346 e. The van der Waals surface area contributed by atoms with E-state index in [1.165, 1.54) is 6.08 Å². The van der Waals surface area contributed by atoms with Gasteiger partial charge in [0.1, 0.15) is 42.1 Å². The second-order valence-corrected chi connectivity index (χ2v) is 7.32. The Balaban J connectivity index is 2.08. The molecule has 0 heterocycles. The maximum absolute atomic E-state index is 11.1. The lowest BCUT2D eigenvalue weighted by atomic mass is 9.86. The van der Waals surface area contributed by atoms with Crippen LogP contribution in [0.1, 0.15) is 31.9 Å². The Morgan fingerprint density at radius 2 is 1.76 bits per heavy atom. The largest absolute Gasteiger partial charge is 0.497 e. The first-order chi connectivity index (χ1) is 13.8. The number of nitrogens with zero attached hydrogens (tertiary/aromatic N) is 1. The molecule has 1 N–H and O–H groups in total. The van der Waals surface area contributed by atoms with Crippen LogP contribution in [0.2, 0.25) is 0 Å². The highest BCUT2D eigenvalue weighted by atomic mass is 16.5. The van der Waals surface area contributed by atoms with Crippen LogP contribution in [0.3, 0.4) is 0 Å². The Labute approximate surface area is 171 Å². The van der Waals surface area contributed by atoms with Crippen LogP contribution in [-0.2, 0) is 10.2 Å². The lowest BCUT2D eigenvalue weighted by molar-refractivity contribution is -0.132. The molecule has 0 saturated heterocycles. The van der Waals surface area contributed by atoms with Gasteiger partial charge in [-0.3, -0.25) is 0 Å². The van der Waals surface area contributed by atoms with E-state index in [4.69, 9.17) is 24.6 Å². The van der Waals surface area contributed by atoms with E-state index in [1.54, 1.807) is 37.4 Å². The van der Waals surface area contributed by atoms with Gasteiger partial charge in [0.25, 0.3) is 0 Å². The summed E-state index contributed by atoms with van der Waals surface area (Å²) in [4.78, 5) is 11.1. The highest BCUT2D eigenvalue weighted by Crippen LogP contribution is 2.34. The van der Waals surface area contributed by atoms with Crippen LogP contribution in [0.5, 0.6) is 17.2 Å². The third kappa shape index (κ3) is 6.01. The van der Waals surface area contributed by atoms with Gasteiger partial charge >= 0.3 is 5.97 Å². The lowest BCUT2D eigenvalue weighted by Crippen LogP contribution is -2.16. The predicted octanol–water partition coefficient (Wildman–Crippen LogP) is 4.44. The molecule has 0 aliphatic heterocycles. The SMILES string of the molecule is COc1ccc(OCCOc2ccccc2C=C(C#N)C(=O)O)c(C(C)(C)C)c1. The molecule has 0 bridgehead atoms. The Kier molecular flexibility index (Phi) is 7.27. The molecule has 0 radical (unpaired) electrons. The van der Waals surface area contributed by atoms with Gasteiger partial charge in [-0.1, -0.05) is 39.0 Å². The van der Waals surface area contributed by atoms with Gasteiger partial charge in [0, 0.05) is 11.1 Å². The number of aliphatic carboxylic acids is 1. The number of nitriles is 1. The van der Waals surface area contributed by atoms with Crippen LogP contribution in [0.4, 0.5) is 0 Å². The van der Waals surface area contributed by atoms with Gasteiger partial charge in [0.2, 0.25) is 0 Å². The van der Waals surface area contributed by atoms with Crippen molar-refractivity contribution in [3.63, 3.8) is 0 Å². The van der Waals surface area contributed by atoms with E-state index >= 15 is 0 Å². The Morgan fingerprint density at radius 3 is 2.34 bits per heavy atom. The summed E-state index contributed by atoms with van der Waals surface area (Å²) in [5.41, 5.74) is 1.07. The summed E-state index contributed by atoms with van der Waals surface area (Å²) in [5.74, 6) is 0.731. The van der Waals surface area contributed by atoms with Gasteiger partial charge in [-0.25, -0.2) is 4.79 Å². The van der Waals surface area contributed by atoms with Crippen molar-refractivity contribution < 1.29 is 24.1 Å². The Hall–Kier alpha value is -3.46. The summed E-state index contributed by atoms with van der Waals surface area (Å²) in [6, 6.07) is 14.3. The Morgan fingerprint density at radius 1 is 1.10 bits per heavy atom. The van der Waals surface area contributed by atoms with Gasteiger partial charge in [-0.2, -0.15) is 5.26 Å². The molecule has 0 aliphatic rings. The first-order valence-electron chi connectivity index (χ1n) is 9.14. The summed E-state index contributed by atoms with van der Waals surface area (Å²) < 4.78 is 17.0. The number of carboxylic acids is 1. The highest BCUT2D eigenvalue weighted by Gasteiger charge is 2.20. The number of hydrogen-bond donors (Lipinski definition) is 1. The monoisotopic (exact) mass is 395 g/mol. The zero-order valence-corrected chi connectivity index (χ0v) is 17.1. The molecule has 6 heteroatoms. The number of carbonyl (C=O) groups is 1. The van der Waals surface area contributed by atoms with Crippen molar-refractivity contribution >= 4 is 12.0 Å². The average molecular weight is 395 g/mol. The number of hydrogen-bond acceptors (Lipinski definition) is 5. The van der Waals surface area contributed by atoms with Crippen LogP contribution in [0.15, 0.2) is 48.0 Å². The van der Waals surface area contributed by atoms with E-state index in [1.807, 2.05) is 18.2 Å². The summed E-state index contributed by atoms with van der Waals surface area (Å²) in [5, 5.41) is 18.0. The summed E-state index contributed by atoms with van der Waals surface area (Å²) in [6.45, 7) is 6.86.